The van der Waals surface area contributed by atoms with E-state index in [9.17, 15) is 19.2 Å². The average molecular weight is 646 g/mol. The summed E-state index contributed by atoms with van der Waals surface area (Å²) >= 11 is 0. The molecular weight excluding hydrogens is 602 g/mol. The van der Waals surface area contributed by atoms with Crippen molar-refractivity contribution in [3.63, 3.8) is 0 Å². The van der Waals surface area contributed by atoms with Crippen LogP contribution in [0.2, 0.25) is 0 Å². The molecule has 0 aliphatic carbocycles. The number of nitrogens with one attached hydrogen (secondary N) is 4. The van der Waals surface area contributed by atoms with Gasteiger partial charge in [-0.25, -0.2) is 0 Å². The van der Waals surface area contributed by atoms with Crippen LogP contribution in [0.4, 0.5) is 0 Å². The smallest absolute Gasteiger partial charge is 0.252 e. The molecule has 4 amide bonds. The van der Waals surface area contributed by atoms with Crippen LogP contribution in [0.5, 0.6) is 17.2 Å². The van der Waals surface area contributed by atoms with Crippen LogP contribution in [-0.2, 0) is 27.3 Å². The SMILES string of the molecule is COc1cc2cc(OC)c1OCCCNC(=O)CN(Cc1ccccc1)CCNC(=O)[C@@H](Cc1ccccc1)NC(=O)[C@H](C)NC2=O. The lowest BCUT2D eigenvalue weighted by atomic mass is 10.0. The zero-order valence-electron chi connectivity index (χ0n) is 27.0. The maximum Gasteiger partial charge on any atom is 0.252 e. The highest BCUT2D eigenvalue weighted by Crippen LogP contribution is 2.38. The van der Waals surface area contributed by atoms with Gasteiger partial charge in [-0.3, -0.25) is 24.1 Å². The summed E-state index contributed by atoms with van der Waals surface area (Å²) < 4.78 is 16.9. The van der Waals surface area contributed by atoms with Gasteiger partial charge in [-0.1, -0.05) is 60.7 Å². The first-order valence-corrected chi connectivity index (χ1v) is 15.6. The second kappa shape index (κ2) is 17.6. The van der Waals surface area contributed by atoms with Gasteiger partial charge >= 0.3 is 0 Å². The largest absolute Gasteiger partial charge is 0.493 e. The van der Waals surface area contributed by atoms with Crippen LogP contribution < -0.4 is 35.5 Å². The molecule has 0 spiro atoms. The molecule has 2 atom stereocenters. The summed E-state index contributed by atoms with van der Waals surface area (Å²) in [6.07, 6.45) is 0.746. The van der Waals surface area contributed by atoms with Crippen molar-refractivity contribution in [3.05, 3.63) is 89.5 Å². The van der Waals surface area contributed by atoms with Gasteiger partial charge in [-0.05, 0) is 36.6 Å². The fourth-order valence-corrected chi connectivity index (χ4v) is 5.10. The topological polar surface area (TPSA) is 147 Å². The first-order valence-electron chi connectivity index (χ1n) is 15.6. The molecule has 47 heavy (non-hydrogen) atoms. The highest BCUT2D eigenvalue weighted by Gasteiger charge is 2.26. The summed E-state index contributed by atoms with van der Waals surface area (Å²) in [6.45, 7) is 3.44. The third-order valence-electron chi connectivity index (χ3n) is 7.61. The second-order valence-electron chi connectivity index (χ2n) is 11.2. The molecule has 2 aliphatic heterocycles. The summed E-state index contributed by atoms with van der Waals surface area (Å²) in [7, 11) is 2.89. The minimum Gasteiger partial charge on any atom is -0.493 e. The number of rotatable bonds is 6. The molecule has 3 aromatic carbocycles. The van der Waals surface area contributed by atoms with Gasteiger partial charge in [0.05, 0.1) is 27.4 Å². The van der Waals surface area contributed by atoms with Gasteiger partial charge in [0, 0.05) is 38.2 Å². The van der Waals surface area contributed by atoms with Gasteiger partial charge < -0.3 is 35.5 Å². The third-order valence-corrected chi connectivity index (χ3v) is 7.61. The first-order chi connectivity index (χ1) is 22.8. The Labute approximate surface area is 275 Å². The van der Waals surface area contributed by atoms with Gasteiger partial charge in [0.25, 0.3) is 5.91 Å². The van der Waals surface area contributed by atoms with Crippen molar-refractivity contribution < 1.29 is 33.4 Å². The molecule has 12 heteroatoms. The quantitative estimate of drug-likeness (QED) is 0.298. The summed E-state index contributed by atoms with van der Waals surface area (Å²) in [4.78, 5) is 54.9. The molecule has 0 saturated heterocycles. The highest BCUT2D eigenvalue weighted by molar-refractivity contribution is 5.99. The number of amides is 4. The highest BCUT2D eigenvalue weighted by atomic mass is 16.5. The van der Waals surface area contributed by atoms with E-state index in [1.807, 2.05) is 65.6 Å². The van der Waals surface area contributed by atoms with E-state index in [-0.39, 0.29) is 55.0 Å². The van der Waals surface area contributed by atoms with E-state index in [1.54, 1.807) is 6.92 Å². The molecule has 0 radical (unpaired) electrons. The first kappa shape index (κ1) is 34.8. The fourth-order valence-electron chi connectivity index (χ4n) is 5.10. The molecule has 2 heterocycles. The van der Waals surface area contributed by atoms with Crippen molar-refractivity contribution in [2.24, 2.45) is 0 Å². The zero-order valence-corrected chi connectivity index (χ0v) is 27.0. The van der Waals surface area contributed by atoms with Crippen LogP contribution >= 0.6 is 0 Å². The van der Waals surface area contributed by atoms with E-state index in [1.165, 1.54) is 26.4 Å². The Morgan fingerprint density at radius 1 is 0.809 bits per heavy atom. The number of hydrogen-bond donors (Lipinski definition) is 4. The normalized spacial score (nSPS) is 19.1. The summed E-state index contributed by atoms with van der Waals surface area (Å²) in [5, 5.41) is 11.4. The van der Waals surface area contributed by atoms with E-state index in [4.69, 9.17) is 14.2 Å². The van der Waals surface area contributed by atoms with Gasteiger partial charge in [-0.15, -0.1) is 0 Å². The maximum absolute atomic E-state index is 13.5. The molecule has 250 valence electrons. The molecule has 0 aromatic heterocycles. The summed E-state index contributed by atoms with van der Waals surface area (Å²) in [5.41, 5.74) is 2.08. The number of carbonyl (C=O) groups excluding carboxylic acids is 4. The number of nitrogens with zero attached hydrogens (tertiary/aromatic N) is 1. The van der Waals surface area contributed by atoms with Crippen molar-refractivity contribution in [1.29, 1.82) is 0 Å². The number of carbonyl (C=O) groups is 4. The lowest BCUT2D eigenvalue weighted by molar-refractivity contribution is -0.129. The van der Waals surface area contributed by atoms with Crippen molar-refractivity contribution in [2.45, 2.75) is 38.4 Å². The van der Waals surface area contributed by atoms with Crippen LogP contribution in [0.25, 0.3) is 0 Å². The Morgan fingerprint density at radius 2 is 1.45 bits per heavy atom. The molecular formula is C35H43N5O7. The Bertz CT molecular complexity index is 1480. The van der Waals surface area contributed by atoms with Crippen molar-refractivity contribution >= 4 is 23.6 Å². The lowest BCUT2D eigenvalue weighted by Crippen LogP contribution is -2.54. The minimum atomic E-state index is -0.973. The minimum absolute atomic E-state index is 0.121. The summed E-state index contributed by atoms with van der Waals surface area (Å²) in [5.74, 6) is -0.751. The molecule has 2 aliphatic rings. The zero-order chi connectivity index (χ0) is 33.6. The van der Waals surface area contributed by atoms with Crippen molar-refractivity contribution in [3.8, 4) is 17.2 Å². The third kappa shape index (κ3) is 10.5. The van der Waals surface area contributed by atoms with Crippen molar-refractivity contribution in [1.82, 2.24) is 26.2 Å². The molecule has 0 saturated carbocycles. The van der Waals surface area contributed by atoms with Crippen LogP contribution in [-0.4, -0.2) is 87.6 Å². The lowest BCUT2D eigenvalue weighted by Gasteiger charge is -2.24. The van der Waals surface area contributed by atoms with Crippen LogP contribution in [0.1, 0.15) is 34.8 Å². The number of methoxy groups -OCH3 is 2. The Morgan fingerprint density at radius 3 is 2.09 bits per heavy atom. The number of benzene rings is 3. The Hall–Kier alpha value is -5.10. The monoisotopic (exact) mass is 645 g/mol. The van der Waals surface area contributed by atoms with E-state index < -0.39 is 23.9 Å². The van der Waals surface area contributed by atoms with Gasteiger partial charge in [0.15, 0.2) is 11.5 Å². The van der Waals surface area contributed by atoms with Crippen LogP contribution in [0.15, 0.2) is 72.8 Å². The molecule has 4 N–H and O–H groups in total. The van der Waals surface area contributed by atoms with E-state index >= 15 is 0 Å². The Kier molecular flexibility index (Phi) is 13.0. The number of hydrogen-bond acceptors (Lipinski definition) is 8. The molecule has 3 aromatic rings. The summed E-state index contributed by atoms with van der Waals surface area (Å²) in [6, 6.07) is 20.2. The van der Waals surface area contributed by atoms with E-state index in [2.05, 4.69) is 21.3 Å². The molecule has 5 rings (SSSR count). The fraction of sp³-hybridized carbons (Fsp3) is 0.371. The van der Waals surface area contributed by atoms with E-state index in [0.29, 0.717) is 31.8 Å². The van der Waals surface area contributed by atoms with Crippen LogP contribution in [0, 0.1) is 0 Å². The second-order valence-corrected chi connectivity index (χ2v) is 11.2. The maximum atomic E-state index is 13.5. The van der Waals surface area contributed by atoms with Gasteiger partial charge in [-0.2, -0.15) is 0 Å². The number of ether oxygens (including phenoxy) is 3. The van der Waals surface area contributed by atoms with Crippen molar-refractivity contribution in [2.75, 3.05) is 47.0 Å². The number of fused-ring (bicyclic) bond motifs is 19. The van der Waals surface area contributed by atoms with Crippen LogP contribution in [0.3, 0.4) is 0 Å². The molecule has 0 fully saturated rings. The van der Waals surface area contributed by atoms with Gasteiger partial charge in [0.2, 0.25) is 23.5 Å². The predicted octanol–water partition coefficient (Wildman–Crippen LogP) is 2.07. The molecule has 2 bridgehead atoms. The molecule has 0 unspecified atom stereocenters. The van der Waals surface area contributed by atoms with E-state index in [0.717, 1.165) is 11.1 Å². The van der Waals surface area contributed by atoms with Gasteiger partial charge in [0.1, 0.15) is 12.1 Å². The predicted molar refractivity (Wildman–Crippen MR) is 176 cm³/mol. The molecule has 12 nitrogen and oxygen atoms in total. The average Bonchev–Trinajstić information content (AvgIpc) is 3.07. The Balaban J connectivity index is 1.58. The standard InChI is InChI=1S/C35H43N5O7/c1-24-33(42)39-28(19-25-11-6-4-7-12-25)35(44)37-16-17-40(22-26-13-8-5-9-14-26)23-31(41)36-15-10-18-47-32-29(45-2)20-27(34(43)38-24)21-30(32)46-3/h4-9,11-14,20-21,24,28H,10,15-19,22-23H2,1-3H3,(H,36,41)(H,37,44)(H,38,43)(H,39,42)/t24-,28+/m0/s1.